The fraction of sp³-hybridized carbons (Fsp3) is 0.500. The van der Waals surface area contributed by atoms with E-state index < -0.39 is 5.41 Å². The second-order valence-corrected chi connectivity index (χ2v) is 5.07. The quantitative estimate of drug-likeness (QED) is 0.853. The van der Waals surface area contributed by atoms with Crippen LogP contribution in [0.3, 0.4) is 0 Å². The second-order valence-electron chi connectivity index (χ2n) is 5.07. The molecule has 5 heteroatoms. The molecule has 0 bridgehead atoms. The molecule has 0 heterocycles. The number of methoxy groups -OCH3 is 1. The molecule has 19 heavy (non-hydrogen) atoms. The molecule has 0 aromatic heterocycles. The van der Waals surface area contributed by atoms with E-state index in [1.165, 1.54) is 19.2 Å². The Morgan fingerprint density at radius 1 is 1.58 bits per heavy atom. The number of nitrogens with one attached hydrogen (secondary N) is 1. The Bertz CT molecular complexity index is 486. The van der Waals surface area contributed by atoms with Crippen LogP contribution in [0.15, 0.2) is 18.2 Å². The molecular weight excluding hydrogens is 247 g/mol. The van der Waals surface area contributed by atoms with Crippen LogP contribution in [0.4, 0.5) is 4.39 Å². The minimum atomic E-state index is -0.408. The predicted molar refractivity (Wildman–Crippen MR) is 70.2 cm³/mol. The van der Waals surface area contributed by atoms with Crippen LogP contribution in [0.5, 0.6) is 5.75 Å². The zero-order valence-electron chi connectivity index (χ0n) is 11.2. The van der Waals surface area contributed by atoms with Crippen LogP contribution in [0.1, 0.15) is 31.4 Å². The molecule has 2 rings (SSSR count). The first kappa shape index (κ1) is 13.8. The fourth-order valence-electron chi connectivity index (χ4n) is 2.15. The first-order chi connectivity index (χ1) is 9.02. The Morgan fingerprint density at radius 2 is 2.26 bits per heavy atom. The van der Waals surface area contributed by atoms with Crippen molar-refractivity contribution in [3.05, 3.63) is 29.6 Å². The molecule has 1 aliphatic rings. The molecule has 1 unspecified atom stereocenters. The van der Waals surface area contributed by atoms with Gasteiger partial charge in [0, 0.05) is 12.1 Å². The number of halogens is 1. The van der Waals surface area contributed by atoms with E-state index in [9.17, 15) is 9.18 Å². The summed E-state index contributed by atoms with van der Waals surface area (Å²) in [4.78, 5) is 12.1. The number of amides is 1. The maximum absolute atomic E-state index is 13.3. The van der Waals surface area contributed by atoms with Crippen LogP contribution in [0.2, 0.25) is 0 Å². The molecule has 1 aromatic carbocycles. The molecule has 1 fully saturated rings. The van der Waals surface area contributed by atoms with E-state index in [-0.39, 0.29) is 17.8 Å². The lowest BCUT2D eigenvalue weighted by atomic mass is 10.0. The van der Waals surface area contributed by atoms with Crippen molar-refractivity contribution in [1.82, 2.24) is 5.32 Å². The SMILES string of the molecule is COc1ccc(F)cc1C(C)NC(=O)C1(CN)CC1. The summed E-state index contributed by atoms with van der Waals surface area (Å²) in [6, 6.07) is 3.95. The van der Waals surface area contributed by atoms with Gasteiger partial charge in [-0.2, -0.15) is 0 Å². The van der Waals surface area contributed by atoms with Crippen molar-refractivity contribution in [3.63, 3.8) is 0 Å². The van der Waals surface area contributed by atoms with Crippen LogP contribution < -0.4 is 15.8 Å². The number of hydrogen-bond acceptors (Lipinski definition) is 3. The van der Waals surface area contributed by atoms with Crippen molar-refractivity contribution >= 4 is 5.91 Å². The van der Waals surface area contributed by atoms with Gasteiger partial charge in [0.1, 0.15) is 11.6 Å². The number of benzene rings is 1. The maximum Gasteiger partial charge on any atom is 0.227 e. The highest BCUT2D eigenvalue weighted by Gasteiger charge is 2.48. The number of hydrogen-bond donors (Lipinski definition) is 2. The summed E-state index contributed by atoms with van der Waals surface area (Å²) in [5.74, 6) is 0.150. The number of nitrogens with two attached hydrogens (primary N) is 1. The van der Waals surface area contributed by atoms with Gasteiger partial charge < -0.3 is 15.8 Å². The third-order valence-corrected chi connectivity index (χ3v) is 3.73. The zero-order chi connectivity index (χ0) is 14.0. The van der Waals surface area contributed by atoms with Crippen molar-refractivity contribution in [2.24, 2.45) is 11.1 Å². The summed E-state index contributed by atoms with van der Waals surface area (Å²) < 4.78 is 18.5. The molecule has 1 atom stereocenters. The molecule has 0 saturated heterocycles. The summed E-state index contributed by atoms with van der Waals surface area (Å²) in [5.41, 5.74) is 5.84. The lowest BCUT2D eigenvalue weighted by molar-refractivity contribution is -0.126. The van der Waals surface area contributed by atoms with Crippen molar-refractivity contribution in [2.45, 2.75) is 25.8 Å². The molecule has 3 N–H and O–H groups in total. The predicted octanol–water partition coefficient (Wildman–Crippen LogP) is 1.75. The third kappa shape index (κ3) is 2.71. The molecule has 4 nitrogen and oxygen atoms in total. The molecule has 0 radical (unpaired) electrons. The summed E-state index contributed by atoms with van der Waals surface area (Å²) in [5, 5.41) is 2.89. The van der Waals surface area contributed by atoms with E-state index in [0.717, 1.165) is 12.8 Å². The average molecular weight is 266 g/mol. The third-order valence-electron chi connectivity index (χ3n) is 3.73. The minimum Gasteiger partial charge on any atom is -0.496 e. The average Bonchev–Trinajstić information content (AvgIpc) is 3.19. The van der Waals surface area contributed by atoms with Crippen molar-refractivity contribution < 1.29 is 13.9 Å². The Morgan fingerprint density at radius 3 is 2.79 bits per heavy atom. The summed E-state index contributed by atoms with van der Waals surface area (Å²) >= 11 is 0. The first-order valence-electron chi connectivity index (χ1n) is 6.37. The van der Waals surface area contributed by atoms with Gasteiger partial charge in [-0.25, -0.2) is 4.39 Å². The smallest absolute Gasteiger partial charge is 0.227 e. The van der Waals surface area contributed by atoms with Gasteiger partial charge in [0.15, 0.2) is 0 Å². The number of carbonyl (C=O) groups is 1. The highest BCUT2D eigenvalue weighted by Crippen LogP contribution is 2.45. The summed E-state index contributed by atoms with van der Waals surface area (Å²) in [7, 11) is 1.52. The molecule has 0 aliphatic heterocycles. The lowest BCUT2D eigenvalue weighted by Gasteiger charge is -2.20. The number of ether oxygens (including phenoxy) is 1. The molecule has 1 aromatic rings. The molecule has 104 valence electrons. The minimum absolute atomic E-state index is 0.0613. The van der Waals surface area contributed by atoms with Crippen LogP contribution in [0, 0.1) is 11.2 Å². The maximum atomic E-state index is 13.3. The standard InChI is InChI=1S/C14H19FN2O2/c1-9(17-13(18)14(8-16)5-6-14)11-7-10(15)3-4-12(11)19-2/h3-4,7,9H,5-6,8,16H2,1-2H3,(H,17,18). The van der Waals surface area contributed by atoms with Crippen molar-refractivity contribution in [1.29, 1.82) is 0 Å². The van der Waals surface area contributed by atoms with E-state index in [4.69, 9.17) is 10.5 Å². The van der Waals surface area contributed by atoms with E-state index >= 15 is 0 Å². The van der Waals surface area contributed by atoms with Crippen LogP contribution in [-0.2, 0) is 4.79 Å². The topological polar surface area (TPSA) is 64.3 Å². The Kier molecular flexibility index (Phi) is 3.75. The molecular formula is C14H19FN2O2. The van der Waals surface area contributed by atoms with E-state index in [1.54, 1.807) is 6.07 Å². The van der Waals surface area contributed by atoms with Gasteiger partial charge in [-0.15, -0.1) is 0 Å². The molecule has 1 saturated carbocycles. The molecule has 0 spiro atoms. The van der Waals surface area contributed by atoms with Crippen molar-refractivity contribution in [3.8, 4) is 5.75 Å². The number of carbonyl (C=O) groups excluding carboxylic acids is 1. The molecule has 1 aliphatic carbocycles. The van der Waals surface area contributed by atoms with E-state index in [1.807, 2.05) is 6.92 Å². The Labute approximate surface area is 112 Å². The van der Waals surface area contributed by atoms with Crippen LogP contribution in [0.25, 0.3) is 0 Å². The van der Waals surface area contributed by atoms with Crippen molar-refractivity contribution in [2.75, 3.05) is 13.7 Å². The molecule has 1 amide bonds. The van der Waals surface area contributed by atoms with Gasteiger partial charge in [-0.3, -0.25) is 4.79 Å². The second kappa shape index (κ2) is 5.17. The number of rotatable bonds is 5. The Balaban J connectivity index is 2.13. The normalized spacial score (nSPS) is 17.7. The fourth-order valence-corrected chi connectivity index (χ4v) is 2.15. The highest BCUT2D eigenvalue weighted by atomic mass is 19.1. The lowest BCUT2D eigenvalue weighted by Crippen LogP contribution is -2.38. The van der Waals surface area contributed by atoms with Crippen LogP contribution in [-0.4, -0.2) is 19.6 Å². The van der Waals surface area contributed by atoms with E-state index in [2.05, 4.69) is 5.32 Å². The van der Waals surface area contributed by atoms with Gasteiger partial charge in [-0.1, -0.05) is 0 Å². The largest absolute Gasteiger partial charge is 0.496 e. The zero-order valence-corrected chi connectivity index (χ0v) is 11.2. The Hall–Kier alpha value is -1.62. The van der Waals surface area contributed by atoms with Gasteiger partial charge in [0.05, 0.1) is 18.6 Å². The van der Waals surface area contributed by atoms with Gasteiger partial charge in [0.25, 0.3) is 0 Å². The highest BCUT2D eigenvalue weighted by molar-refractivity contribution is 5.86. The first-order valence-corrected chi connectivity index (χ1v) is 6.37. The van der Waals surface area contributed by atoms with E-state index in [0.29, 0.717) is 17.9 Å². The monoisotopic (exact) mass is 266 g/mol. The van der Waals surface area contributed by atoms with Gasteiger partial charge >= 0.3 is 0 Å². The summed E-state index contributed by atoms with van der Waals surface area (Å²) in [6.07, 6.45) is 1.64. The van der Waals surface area contributed by atoms with Crippen LogP contribution >= 0.6 is 0 Å². The van der Waals surface area contributed by atoms with Gasteiger partial charge in [-0.05, 0) is 38.0 Å². The van der Waals surface area contributed by atoms with Gasteiger partial charge in [0.2, 0.25) is 5.91 Å². The summed E-state index contributed by atoms with van der Waals surface area (Å²) in [6.45, 7) is 2.16.